The van der Waals surface area contributed by atoms with Crippen molar-refractivity contribution >= 4 is 17.3 Å². The minimum Gasteiger partial charge on any atom is -0.369 e. The van der Waals surface area contributed by atoms with Gasteiger partial charge in [0.2, 0.25) is 0 Å². The third-order valence-electron chi connectivity index (χ3n) is 5.50. The lowest BCUT2D eigenvalue weighted by Gasteiger charge is -2.27. The van der Waals surface area contributed by atoms with Crippen LogP contribution in [-0.4, -0.2) is 29.5 Å². The fourth-order valence-electron chi connectivity index (χ4n) is 3.72. The van der Waals surface area contributed by atoms with Gasteiger partial charge in [0.15, 0.2) is 0 Å². The van der Waals surface area contributed by atoms with Gasteiger partial charge in [-0.15, -0.1) is 0 Å². The summed E-state index contributed by atoms with van der Waals surface area (Å²) in [5.41, 5.74) is 2.90. The predicted molar refractivity (Wildman–Crippen MR) is 122 cm³/mol. The van der Waals surface area contributed by atoms with E-state index in [4.69, 9.17) is 0 Å². The first kappa shape index (κ1) is 21.1. The molecule has 1 fully saturated rings. The number of hydrogen-bond acceptors (Lipinski definition) is 3. The summed E-state index contributed by atoms with van der Waals surface area (Å²) in [4.78, 5) is 24.9. The Morgan fingerprint density at radius 2 is 1.90 bits per heavy atom. The molecule has 1 aliphatic carbocycles. The van der Waals surface area contributed by atoms with Gasteiger partial charge in [-0.25, -0.2) is 9.37 Å². The lowest BCUT2D eigenvalue weighted by Crippen LogP contribution is -2.35. The van der Waals surface area contributed by atoms with Crippen LogP contribution in [0.3, 0.4) is 0 Å². The Kier molecular flexibility index (Phi) is 6.07. The van der Waals surface area contributed by atoms with Crippen molar-refractivity contribution in [1.29, 1.82) is 0 Å². The molecule has 0 unspecified atom stereocenters. The van der Waals surface area contributed by atoms with E-state index in [0.717, 1.165) is 22.9 Å². The van der Waals surface area contributed by atoms with E-state index in [1.54, 1.807) is 17.0 Å². The molecule has 6 heteroatoms. The Morgan fingerprint density at radius 1 is 1.16 bits per heavy atom. The largest absolute Gasteiger partial charge is 0.369 e. The molecule has 0 bridgehead atoms. The number of nitrogens with one attached hydrogen (secondary N) is 1. The van der Waals surface area contributed by atoms with Crippen molar-refractivity contribution in [2.45, 2.75) is 39.2 Å². The fourth-order valence-corrected chi connectivity index (χ4v) is 3.72. The Hall–Kier alpha value is -3.15. The van der Waals surface area contributed by atoms with Crippen molar-refractivity contribution in [2.24, 2.45) is 5.92 Å². The normalized spacial score (nSPS) is 13.5. The molecule has 1 heterocycles. The zero-order chi connectivity index (χ0) is 22.0. The number of carbonyl (C=O) groups excluding carboxylic acids is 1. The number of aromatic nitrogens is 2. The summed E-state index contributed by atoms with van der Waals surface area (Å²) in [6.45, 7) is 5.29. The fraction of sp³-hybridized carbons (Fsp3) is 0.360. The predicted octanol–water partition coefficient (Wildman–Crippen LogP) is 5.37. The van der Waals surface area contributed by atoms with E-state index in [2.05, 4.69) is 14.9 Å². The molecule has 1 N–H and O–H groups in total. The van der Waals surface area contributed by atoms with Crippen molar-refractivity contribution in [2.75, 3.05) is 23.4 Å². The maximum atomic E-state index is 14.3. The van der Waals surface area contributed by atoms with E-state index < -0.39 is 5.82 Å². The van der Waals surface area contributed by atoms with Gasteiger partial charge in [-0.05, 0) is 49.1 Å². The molecule has 1 aromatic heterocycles. The first-order valence-electron chi connectivity index (χ1n) is 10.8. The van der Waals surface area contributed by atoms with Crippen LogP contribution in [0.15, 0.2) is 54.7 Å². The van der Waals surface area contributed by atoms with Gasteiger partial charge in [-0.2, -0.15) is 0 Å². The summed E-state index contributed by atoms with van der Waals surface area (Å²) in [7, 11) is 2.02. The van der Waals surface area contributed by atoms with Gasteiger partial charge in [0.25, 0.3) is 5.91 Å². The molecular weight excluding hydrogens is 391 g/mol. The molecule has 1 aliphatic rings. The molecule has 1 amide bonds. The van der Waals surface area contributed by atoms with E-state index in [9.17, 15) is 9.18 Å². The van der Waals surface area contributed by atoms with Gasteiger partial charge >= 0.3 is 0 Å². The highest BCUT2D eigenvalue weighted by Gasteiger charge is 2.26. The van der Waals surface area contributed by atoms with Crippen molar-refractivity contribution in [3.63, 3.8) is 0 Å². The highest BCUT2D eigenvalue weighted by molar-refractivity contribution is 6.06. The maximum absolute atomic E-state index is 14.3. The number of anilines is 2. The summed E-state index contributed by atoms with van der Waals surface area (Å²) in [5.74, 6) is 1.09. The molecule has 31 heavy (non-hydrogen) atoms. The average Bonchev–Trinajstić information content (AvgIpc) is 3.51. The van der Waals surface area contributed by atoms with Gasteiger partial charge in [0, 0.05) is 30.9 Å². The van der Waals surface area contributed by atoms with Crippen LogP contribution in [0.25, 0.3) is 0 Å². The number of imidazole rings is 1. The topological polar surface area (TPSA) is 52.2 Å². The molecule has 3 aromatic rings. The van der Waals surface area contributed by atoms with Gasteiger partial charge in [-0.1, -0.05) is 32.0 Å². The third-order valence-corrected chi connectivity index (χ3v) is 5.50. The lowest BCUT2D eigenvalue weighted by molar-refractivity contribution is 0.0980. The molecule has 0 radical (unpaired) electrons. The number of halogens is 1. The zero-order valence-electron chi connectivity index (χ0n) is 18.3. The van der Waals surface area contributed by atoms with Crippen molar-refractivity contribution < 1.29 is 9.18 Å². The van der Waals surface area contributed by atoms with Crippen LogP contribution in [0.2, 0.25) is 0 Å². The number of benzene rings is 2. The second-order valence-corrected chi connectivity index (χ2v) is 8.73. The quantitative estimate of drug-likeness (QED) is 0.533. The van der Waals surface area contributed by atoms with Crippen LogP contribution in [0.5, 0.6) is 0 Å². The monoisotopic (exact) mass is 420 g/mol. The smallest absolute Gasteiger partial charge is 0.261 e. The minimum atomic E-state index is -0.500. The molecule has 0 atom stereocenters. The van der Waals surface area contributed by atoms with E-state index in [0.29, 0.717) is 19.0 Å². The number of H-pyrrole nitrogens is 1. The SMILES string of the molecule is CC(C)CN(C(=O)c1ccccc1F)c1cccc(N(C)Cc2cnc(C3CC3)[nH]2)c1. The van der Waals surface area contributed by atoms with E-state index in [1.807, 2.05) is 51.4 Å². The molecule has 5 nitrogen and oxygen atoms in total. The number of carbonyl (C=O) groups is 1. The van der Waals surface area contributed by atoms with Crippen LogP contribution in [0.4, 0.5) is 15.8 Å². The van der Waals surface area contributed by atoms with E-state index in [-0.39, 0.29) is 17.4 Å². The summed E-state index contributed by atoms with van der Waals surface area (Å²) >= 11 is 0. The Labute approximate surface area is 182 Å². The summed E-state index contributed by atoms with van der Waals surface area (Å²) in [5, 5.41) is 0. The van der Waals surface area contributed by atoms with Crippen LogP contribution in [0, 0.1) is 11.7 Å². The Morgan fingerprint density at radius 3 is 2.61 bits per heavy atom. The molecule has 4 rings (SSSR count). The number of hydrogen-bond donors (Lipinski definition) is 1. The number of aromatic amines is 1. The van der Waals surface area contributed by atoms with E-state index >= 15 is 0 Å². The molecule has 0 spiro atoms. The highest BCUT2D eigenvalue weighted by atomic mass is 19.1. The summed E-state index contributed by atoms with van der Waals surface area (Å²) < 4.78 is 14.3. The van der Waals surface area contributed by atoms with Crippen LogP contribution < -0.4 is 9.80 Å². The number of rotatable bonds is 8. The standard InChI is InChI=1S/C25H29FN4O/c1-17(2)15-30(25(31)22-9-4-5-10-23(22)26)21-8-6-7-20(13-21)29(3)16-19-14-27-24(28-19)18-11-12-18/h4-10,13-14,17-18H,11-12,15-16H2,1-3H3,(H,27,28). The third kappa shape index (κ3) is 4.95. The average molecular weight is 421 g/mol. The summed E-state index contributed by atoms with van der Waals surface area (Å²) in [6.07, 6.45) is 4.33. The molecule has 0 saturated heterocycles. The van der Waals surface area contributed by atoms with Crippen molar-refractivity contribution in [1.82, 2.24) is 9.97 Å². The first-order chi connectivity index (χ1) is 14.9. The van der Waals surface area contributed by atoms with Crippen LogP contribution in [-0.2, 0) is 6.54 Å². The first-order valence-corrected chi connectivity index (χ1v) is 10.8. The highest BCUT2D eigenvalue weighted by Crippen LogP contribution is 2.38. The second kappa shape index (κ2) is 8.92. The van der Waals surface area contributed by atoms with Crippen molar-refractivity contribution in [3.8, 4) is 0 Å². The molecule has 0 aliphatic heterocycles. The minimum absolute atomic E-state index is 0.0898. The molecule has 2 aromatic carbocycles. The maximum Gasteiger partial charge on any atom is 0.261 e. The van der Waals surface area contributed by atoms with Gasteiger partial charge < -0.3 is 14.8 Å². The molecular formula is C25H29FN4O. The number of amides is 1. The molecule has 1 saturated carbocycles. The Bertz CT molecular complexity index is 1060. The van der Waals surface area contributed by atoms with Crippen molar-refractivity contribution in [3.05, 3.63) is 77.6 Å². The van der Waals surface area contributed by atoms with Crippen LogP contribution >= 0.6 is 0 Å². The number of nitrogens with zero attached hydrogens (tertiary/aromatic N) is 3. The van der Waals surface area contributed by atoms with Gasteiger partial charge in [0.05, 0.1) is 24.0 Å². The van der Waals surface area contributed by atoms with Gasteiger partial charge in [0.1, 0.15) is 11.6 Å². The van der Waals surface area contributed by atoms with Gasteiger partial charge in [-0.3, -0.25) is 4.79 Å². The Balaban J connectivity index is 1.56. The lowest BCUT2D eigenvalue weighted by atomic mass is 10.1. The molecule has 162 valence electrons. The van der Waals surface area contributed by atoms with Crippen LogP contribution in [0.1, 0.15) is 54.5 Å². The second-order valence-electron chi connectivity index (χ2n) is 8.73. The van der Waals surface area contributed by atoms with E-state index in [1.165, 1.54) is 25.0 Å². The summed E-state index contributed by atoms with van der Waals surface area (Å²) in [6, 6.07) is 14.0. The zero-order valence-corrected chi connectivity index (χ0v) is 18.3.